The van der Waals surface area contributed by atoms with Gasteiger partial charge in [-0.2, -0.15) is 0 Å². The van der Waals surface area contributed by atoms with E-state index in [1.807, 2.05) is 0 Å². The fourth-order valence-corrected chi connectivity index (χ4v) is 2.11. The number of alkyl halides is 1. The summed E-state index contributed by atoms with van der Waals surface area (Å²) in [6.07, 6.45) is -0.257. The van der Waals surface area contributed by atoms with E-state index in [0.717, 1.165) is 10.5 Å². The molecule has 0 unspecified atom stereocenters. The number of carboxylic acid groups (broad SMARTS) is 1. The standard InChI is InChI=1S/C14H15F2NO4/c1-9-2-3-10(15)11(6-9)21-7-12(18)17-5-4-14(16,8-17)13(19)20/h2-3,6H,4-5,7-8H2,1H3,(H,19,20)/t14-/m0/s1. The van der Waals surface area contributed by atoms with E-state index in [2.05, 4.69) is 0 Å². The zero-order valence-corrected chi connectivity index (χ0v) is 11.4. The minimum atomic E-state index is -2.41. The van der Waals surface area contributed by atoms with Crippen LogP contribution in [0.1, 0.15) is 12.0 Å². The summed E-state index contributed by atoms with van der Waals surface area (Å²) in [6, 6.07) is 4.24. The van der Waals surface area contributed by atoms with Crippen molar-refractivity contribution in [1.29, 1.82) is 0 Å². The summed E-state index contributed by atoms with van der Waals surface area (Å²) < 4.78 is 32.4. The first kappa shape index (κ1) is 15.2. The lowest BCUT2D eigenvalue weighted by Crippen LogP contribution is -2.40. The van der Waals surface area contributed by atoms with Crippen molar-refractivity contribution in [3.8, 4) is 5.75 Å². The molecule has 1 aromatic rings. The van der Waals surface area contributed by atoms with E-state index < -0.39 is 36.5 Å². The van der Waals surface area contributed by atoms with Gasteiger partial charge in [-0.25, -0.2) is 13.6 Å². The van der Waals surface area contributed by atoms with Crippen LogP contribution in [0.2, 0.25) is 0 Å². The average molecular weight is 299 g/mol. The molecule has 1 fully saturated rings. The van der Waals surface area contributed by atoms with Crippen LogP contribution in [0.15, 0.2) is 18.2 Å². The number of ether oxygens (including phenoxy) is 1. The van der Waals surface area contributed by atoms with Crippen molar-refractivity contribution in [2.75, 3.05) is 19.7 Å². The molecule has 1 amide bonds. The number of aryl methyl sites for hydroxylation is 1. The van der Waals surface area contributed by atoms with Crippen LogP contribution in [-0.4, -0.2) is 47.2 Å². The molecule has 1 N–H and O–H groups in total. The van der Waals surface area contributed by atoms with Crippen LogP contribution in [0.5, 0.6) is 5.75 Å². The van der Waals surface area contributed by atoms with Gasteiger partial charge in [-0.05, 0) is 24.6 Å². The molecule has 0 bridgehead atoms. The van der Waals surface area contributed by atoms with Gasteiger partial charge < -0.3 is 14.7 Å². The van der Waals surface area contributed by atoms with Gasteiger partial charge in [-0.15, -0.1) is 0 Å². The normalized spacial score (nSPS) is 21.4. The van der Waals surface area contributed by atoms with Crippen LogP contribution in [0.3, 0.4) is 0 Å². The number of hydrogen-bond donors (Lipinski definition) is 1. The Bertz CT molecular complexity index is 578. The van der Waals surface area contributed by atoms with Crippen molar-refractivity contribution in [3.05, 3.63) is 29.6 Å². The second kappa shape index (κ2) is 5.67. The Hall–Kier alpha value is -2.18. The van der Waals surface area contributed by atoms with E-state index >= 15 is 0 Å². The third-order valence-electron chi connectivity index (χ3n) is 3.39. The number of carbonyl (C=O) groups is 2. The largest absolute Gasteiger partial charge is 0.481 e. The molecule has 1 aliphatic heterocycles. The van der Waals surface area contributed by atoms with Crippen molar-refractivity contribution in [2.24, 2.45) is 0 Å². The summed E-state index contributed by atoms with van der Waals surface area (Å²) in [7, 11) is 0. The third kappa shape index (κ3) is 3.29. The van der Waals surface area contributed by atoms with E-state index in [1.54, 1.807) is 13.0 Å². The summed E-state index contributed by atoms with van der Waals surface area (Å²) in [5.41, 5.74) is -1.64. The number of nitrogens with zero attached hydrogens (tertiary/aromatic N) is 1. The minimum absolute atomic E-state index is 0.00128. The molecule has 1 aliphatic rings. The topological polar surface area (TPSA) is 66.8 Å². The number of carbonyl (C=O) groups excluding carboxylic acids is 1. The number of rotatable bonds is 4. The average Bonchev–Trinajstić information content (AvgIpc) is 2.84. The highest BCUT2D eigenvalue weighted by Gasteiger charge is 2.46. The van der Waals surface area contributed by atoms with Gasteiger partial charge in [-0.1, -0.05) is 6.07 Å². The lowest BCUT2D eigenvalue weighted by Gasteiger charge is -2.18. The number of amides is 1. The third-order valence-corrected chi connectivity index (χ3v) is 3.39. The molecule has 0 aromatic heterocycles. The monoisotopic (exact) mass is 299 g/mol. The number of likely N-dealkylation sites (tertiary alicyclic amines) is 1. The smallest absolute Gasteiger partial charge is 0.343 e. The van der Waals surface area contributed by atoms with Gasteiger partial charge in [0.25, 0.3) is 5.91 Å². The summed E-state index contributed by atoms with van der Waals surface area (Å²) in [5.74, 6) is -2.81. The lowest BCUT2D eigenvalue weighted by atomic mass is 10.1. The fourth-order valence-electron chi connectivity index (χ4n) is 2.11. The van der Waals surface area contributed by atoms with E-state index in [1.165, 1.54) is 12.1 Å². The number of hydrogen-bond acceptors (Lipinski definition) is 3. The van der Waals surface area contributed by atoms with Crippen molar-refractivity contribution in [2.45, 2.75) is 19.0 Å². The van der Waals surface area contributed by atoms with Crippen LogP contribution in [0.25, 0.3) is 0 Å². The molecular weight excluding hydrogens is 284 g/mol. The highest BCUT2D eigenvalue weighted by molar-refractivity contribution is 5.83. The zero-order chi connectivity index (χ0) is 15.6. The molecule has 21 heavy (non-hydrogen) atoms. The first-order valence-electron chi connectivity index (χ1n) is 6.41. The first-order chi connectivity index (χ1) is 9.82. The van der Waals surface area contributed by atoms with Gasteiger partial charge >= 0.3 is 5.97 Å². The van der Waals surface area contributed by atoms with E-state index in [4.69, 9.17) is 9.84 Å². The van der Waals surface area contributed by atoms with Gasteiger partial charge in [0.2, 0.25) is 5.67 Å². The quantitative estimate of drug-likeness (QED) is 0.916. The maximum atomic E-state index is 13.8. The molecule has 0 spiro atoms. The number of carboxylic acids is 1. The molecule has 7 heteroatoms. The van der Waals surface area contributed by atoms with E-state index in [0.29, 0.717) is 0 Å². The molecule has 2 rings (SSSR count). The predicted octanol–water partition coefficient (Wildman–Crippen LogP) is 1.54. The summed E-state index contributed by atoms with van der Waals surface area (Å²) >= 11 is 0. The molecule has 1 atom stereocenters. The maximum Gasteiger partial charge on any atom is 0.343 e. The number of benzene rings is 1. The Balaban J connectivity index is 1.94. The molecule has 1 aromatic carbocycles. The summed E-state index contributed by atoms with van der Waals surface area (Å²) in [5, 5.41) is 8.75. The molecule has 114 valence electrons. The van der Waals surface area contributed by atoms with E-state index in [-0.39, 0.29) is 18.7 Å². The first-order valence-corrected chi connectivity index (χ1v) is 6.41. The van der Waals surface area contributed by atoms with E-state index in [9.17, 15) is 18.4 Å². The van der Waals surface area contributed by atoms with Crippen LogP contribution in [0.4, 0.5) is 8.78 Å². The van der Waals surface area contributed by atoms with Crippen LogP contribution in [-0.2, 0) is 9.59 Å². The Morgan fingerprint density at radius 2 is 2.19 bits per heavy atom. The maximum absolute atomic E-state index is 13.8. The molecule has 1 saturated heterocycles. The molecular formula is C14H15F2NO4. The minimum Gasteiger partial charge on any atom is -0.481 e. The SMILES string of the molecule is Cc1ccc(F)c(OCC(=O)N2CC[C@@](F)(C(=O)O)C2)c1. The fraction of sp³-hybridized carbons (Fsp3) is 0.429. The summed E-state index contributed by atoms with van der Waals surface area (Å²) in [4.78, 5) is 23.7. The second-order valence-electron chi connectivity index (χ2n) is 5.06. The van der Waals surface area contributed by atoms with Crippen molar-refractivity contribution in [1.82, 2.24) is 4.90 Å². The van der Waals surface area contributed by atoms with Gasteiger partial charge in [0.05, 0.1) is 6.54 Å². The van der Waals surface area contributed by atoms with Crippen LogP contribution < -0.4 is 4.74 Å². The summed E-state index contributed by atoms with van der Waals surface area (Å²) in [6.45, 7) is 0.775. The second-order valence-corrected chi connectivity index (χ2v) is 5.06. The van der Waals surface area contributed by atoms with Gasteiger partial charge in [0.15, 0.2) is 18.2 Å². The van der Waals surface area contributed by atoms with Gasteiger partial charge in [0.1, 0.15) is 0 Å². The van der Waals surface area contributed by atoms with Crippen molar-refractivity contribution >= 4 is 11.9 Å². The lowest BCUT2D eigenvalue weighted by molar-refractivity contribution is -0.150. The molecule has 1 heterocycles. The van der Waals surface area contributed by atoms with Gasteiger partial charge in [-0.3, -0.25) is 4.79 Å². The highest BCUT2D eigenvalue weighted by atomic mass is 19.1. The predicted molar refractivity (Wildman–Crippen MR) is 69.3 cm³/mol. The molecule has 5 nitrogen and oxygen atoms in total. The molecule has 0 saturated carbocycles. The number of halogens is 2. The van der Waals surface area contributed by atoms with Gasteiger partial charge in [0, 0.05) is 13.0 Å². The molecule has 0 aliphatic carbocycles. The highest BCUT2D eigenvalue weighted by Crippen LogP contribution is 2.26. The Morgan fingerprint density at radius 3 is 2.81 bits per heavy atom. The molecule has 0 radical (unpaired) electrons. The number of aliphatic carboxylic acids is 1. The van der Waals surface area contributed by atoms with Crippen molar-refractivity contribution in [3.63, 3.8) is 0 Å². The zero-order valence-electron chi connectivity index (χ0n) is 11.4. The Morgan fingerprint density at radius 1 is 1.48 bits per heavy atom. The Kier molecular flexibility index (Phi) is 4.11. The van der Waals surface area contributed by atoms with Crippen LogP contribution >= 0.6 is 0 Å². The van der Waals surface area contributed by atoms with Crippen LogP contribution in [0, 0.1) is 12.7 Å². The Labute approximate surface area is 120 Å². The van der Waals surface area contributed by atoms with Crippen molar-refractivity contribution < 1.29 is 28.2 Å².